The van der Waals surface area contributed by atoms with Gasteiger partial charge in [-0.15, -0.1) is 0 Å². The van der Waals surface area contributed by atoms with E-state index in [0.29, 0.717) is 0 Å². The van der Waals surface area contributed by atoms with Crippen molar-refractivity contribution >= 4 is 5.82 Å². The largest absolute Gasteiger partial charge is 0.497 e. The average molecular weight is 405 g/mol. The van der Waals surface area contributed by atoms with E-state index in [1.807, 2.05) is 54.6 Å². The highest BCUT2D eigenvalue weighted by molar-refractivity contribution is 5.70. The Morgan fingerprint density at radius 3 is 2.23 bits per heavy atom. The van der Waals surface area contributed by atoms with E-state index in [0.717, 1.165) is 34.0 Å². The Kier molecular flexibility index (Phi) is 5.17. The summed E-state index contributed by atoms with van der Waals surface area (Å²) in [6.45, 7) is 0.213. The van der Waals surface area contributed by atoms with Crippen LogP contribution in [-0.2, 0) is 6.67 Å². The molecule has 2 aromatic carbocycles. The quantitative estimate of drug-likeness (QED) is 0.342. The summed E-state index contributed by atoms with van der Waals surface area (Å²) in [5.41, 5.74) is 3.36. The third-order valence-electron chi connectivity index (χ3n) is 4.60. The van der Waals surface area contributed by atoms with Gasteiger partial charge in [-0.25, -0.2) is 4.68 Å². The fourth-order valence-electron chi connectivity index (χ4n) is 3.13. The number of hydrogen-bond acceptors (Lipinski definition) is 6. The predicted molar refractivity (Wildman–Crippen MR) is 110 cm³/mol. The van der Waals surface area contributed by atoms with E-state index >= 15 is 0 Å². The molecule has 0 amide bonds. The molecule has 0 fully saturated rings. The molecule has 0 aliphatic rings. The summed E-state index contributed by atoms with van der Waals surface area (Å²) in [4.78, 5) is 10.4. The van der Waals surface area contributed by atoms with Crippen LogP contribution in [0.5, 0.6) is 11.5 Å². The summed E-state index contributed by atoms with van der Waals surface area (Å²) in [7, 11) is 3.23. The zero-order valence-corrected chi connectivity index (χ0v) is 16.4. The Balaban J connectivity index is 1.79. The molecule has 30 heavy (non-hydrogen) atoms. The number of methoxy groups -OCH3 is 2. The first-order chi connectivity index (χ1) is 14.6. The van der Waals surface area contributed by atoms with Gasteiger partial charge >= 0.3 is 5.82 Å². The Labute approximate surface area is 172 Å². The number of nitrogens with zero attached hydrogens (tertiary/aromatic N) is 5. The molecule has 0 saturated heterocycles. The molecule has 9 nitrogen and oxygen atoms in total. The molecule has 2 heterocycles. The number of rotatable bonds is 7. The number of benzene rings is 2. The van der Waals surface area contributed by atoms with Crippen molar-refractivity contribution in [1.29, 1.82) is 0 Å². The van der Waals surface area contributed by atoms with Gasteiger partial charge in [0.2, 0.25) is 0 Å². The zero-order chi connectivity index (χ0) is 21.1. The van der Waals surface area contributed by atoms with Crippen LogP contribution in [0.25, 0.3) is 22.5 Å². The van der Waals surface area contributed by atoms with E-state index in [1.54, 1.807) is 25.1 Å². The fraction of sp³-hybridized carbons (Fsp3) is 0.143. The third kappa shape index (κ3) is 3.86. The van der Waals surface area contributed by atoms with Gasteiger partial charge in [0.25, 0.3) is 0 Å². The maximum atomic E-state index is 11.0. The maximum absolute atomic E-state index is 11.0. The van der Waals surface area contributed by atoms with Crippen LogP contribution in [0.15, 0.2) is 66.9 Å². The highest BCUT2D eigenvalue weighted by atomic mass is 16.6. The summed E-state index contributed by atoms with van der Waals surface area (Å²) in [6.07, 6.45) is 1.56. The predicted octanol–water partition coefficient (Wildman–Crippen LogP) is 3.84. The molecule has 0 bridgehead atoms. The molecule has 4 aromatic rings. The van der Waals surface area contributed by atoms with Crippen LogP contribution in [0.3, 0.4) is 0 Å². The lowest BCUT2D eigenvalue weighted by atomic mass is 10.1. The van der Waals surface area contributed by atoms with E-state index in [4.69, 9.17) is 14.6 Å². The fourth-order valence-corrected chi connectivity index (χ4v) is 3.13. The van der Waals surface area contributed by atoms with Crippen LogP contribution in [0.4, 0.5) is 5.82 Å². The monoisotopic (exact) mass is 405 g/mol. The Hall–Kier alpha value is -4.14. The van der Waals surface area contributed by atoms with Gasteiger partial charge in [-0.1, -0.05) is 24.3 Å². The molecule has 0 unspecified atom stereocenters. The van der Waals surface area contributed by atoms with E-state index in [-0.39, 0.29) is 12.5 Å². The first kappa shape index (κ1) is 19.2. The lowest BCUT2D eigenvalue weighted by Gasteiger charge is -2.07. The van der Waals surface area contributed by atoms with Crippen molar-refractivity contribution in [3.63, 3.8) is 0 Å². The molecule has 0 spiro atoms. The minimum Gasteiger partial charge on any atom is -0.497 e. The molecule has 0 saturated carbocycles. The Morgan fingerprint density at radius 2 is 1.60 bits per heavy atom. The summed E-state index contributed by atoms with van der Waals surface area (Å²) >= 11 is 0. The molecule has 0 atom stereocenters. The van der Waals surface area contributed by atoms with Gasteiger partial charge in [0.15, 0.2) is 6.67 Å². The zero-order valence-electron chi connectivity index (χ0n) is 16.4. The number of nitro groups is 1. The summed E-state index contributed by atoms with van der Waals surface area (Å²) < 4.78 is 13.9. The number of hydrogen-bond donors (Lipinski definition) is 0. The van der Waals surface area contributed by atoms with Crippen LogP contribution in [-0.4, -0.2) is 38.7 Å². The van der Waals surface area contributed by atoms with Crippen molar-refractivity contribution in [2.75, 3.05) is 14.2 Å². The number of aromatic nitrogens is 4. The van der Waals surface area contributed by atoms with E-state index < -0.39 is 4.92 Å². The second-order valence-corrected chi connectivity index (χ2v) is 6.49. The summed E-state index contributed by atoms with van der Waals surface area (Å²) in [6, 6.07) is 18.6. The molecular formula is C21H19N5O4. The lowest BCUT2D eigenvalue weighted by molar-refractivity contribution is -0.389. The first-order valence-electron chi connectivity index (χ1n) is 9.12. The van der Waals surface area contributed by atoms with Crippen LogP contribution in [0.2, 0.25) is 0 Å². The molecule has 0 radical (unpaired) electrons. The van der Waals surface area contributed by atoms with Crippen molar-refractivity contribution in [1.82, 2.24) is 19.6 Å². The summed E-state index contributed by atoms with van der Waals surface area (Å²) in [5.74, 6) is 1.24. The van der Waals surface area contributed by atoms with Gasteiger partial charge in [-0.3, -0.25) is 0 Å². The SMILES string of the molecule is COc1cccc(-c2cc(-c3cccc(OC)c3)n(Cn3ccc([N+](=O)[O-])n3)n2)c1. The van der Waals surface area contributed by atoms with E-state index in [1.165, 1.54) is 10.7 Å². The highest BCUT2D eigenvalue weighted by Gasteiger charge is 2.16. The van der Waals surface area contributed by atoms with Gasteiger partial charge in [-0.2, -0.15) is 9.78 Å². The molecule has 4 rings (SSSR count). The van der Waals surface area contributed by atoms with E-state index in [9.17, 15) is 10.1 Å². The van der Waals surface area contributed by atoms with Crippen molar-refractivity contribution in [2.24, 2.45) is 0 Å². The topological polar surface area (TPSA) is 97.2 Å². The van der Waals surface area contributed by atoms with Crippen LogP contribution in [0.1, 0.15) is 0 Å². The Morgan fingerprint density at radius 1 is 0.933 bits per heavy atom. The van der Waals surface area contributed by atoms with Crippen molar-refractivity contribution < 1.29 is 14.4 Å². The first-order valence-corrected chi connectivity index (χ1v) is 9.12. The van der Waals surface area contributed by atoms with Crippen LogP contribution in [0, 0.1) is 10.1 Å². The lowest BCUT2D eigenvalue weighted by Crippen LogP contribution is -2.11. The molecule has 0 N–H and O–H groups in total. The van der Waals surface area contributed by atoms with Gasteiger partial charge in [0.05, 0.1) is 43.0 Å². The molecule has 0 aliphatic carbocycles. The highest BCUT2D eigenvalue weighted by Crippen LogP contribution is 2.30. The number of ether oxygens (including phenoxy) is 2. The van der Waals surface area contributed by atoms with Gasteiger partial charge in [0.1, 0.15) is 11.5 Å². The van der Waals surface area contributed by atoms with E-state index in [2.05, 4.69) is 5.10 Å². The second kappa shape index (κ2) is 8.08. The molecule has 0 aliphatic heterocycles. The molecular weight excluding hydrogens is 386 g/mol. The van der Waals surface area contributed by atoms with Crippen molar-refractivity contribution in [3.05, 3.63) is 77.0 Å². The normalized spacial score (nSPS) is 10.7. The van der Waals surface area contributed by atoms with Crippen molar-refractivity contribution in [2.45, 2.75) is 6.67 Å². The van der Waals surface area contributed by atoms with Crippen LogP contribution < -0.4 is 9.47 Å². The standard InChI is InChI=1S/C21H19N5O4/c1-29-17-7-3-5-15(11-17)19-13-20(16-6-4-8-18(12-16)30-2)25(22-19)14-24-10-9-21(23-24)26(27)28/h3-13H,14H2,1-2H3. The Bertz CT molecular complexity index is 1200. The smallest absolute Gasteiger partial charge is 0.389 e. The van der Waals surface area contributed by atoms with Crippen molar-refractivity contribution in [3.8, 4) is 34.0 Å². The van der Waals surface area contributed by atoms with Gasteiger partial charge < -0.3 is 19.6 Å². The maximum Gasteiger partial charge on any atom is 0.389 e. The second-order valence-electron chi connectivity index (χ2n) is 6.49. The molecule has 2 aromatic heterocycles. The van der Waals surface area contributed by atoms with Gasteiger partial charge in [0, 0.05) is 11.1 Å². The summed E-state index contributed by atoms with van der Waals surface area (Å²) in [5, 5.41) is 19.7. The van der Waals surface area contributed by atoms with Gasteiger partial charge in [-0.05, 0) is 35.3 Å². The average Bonchev–Trinajstić information content (AvgIpc) is 3.42. The molecule has 152 valence electrons. The minimum atomic E-state index is -0.524. The minimum absolute atomic E-state index is 0.210. The molecule has 9 heteroatoms. The van der Waals surface area contributed by atoms with Crippen LogP contribution >= 0.6 is 0 Å². The third-order valence-corrected chi connectivity index (χ3v) is 4.60.